The number of ether oxygens (including phenoxy) is 3. The van der Waals surface area contributed by atoms with Crippen molar-refractivity contribution < 1.29 is 27.1 Å². The first-order valence-corrected chi connectivity index (χ1v) is 18.5. The van der Waals surface area contributed by atoms with E-state index in [1.807, 2.05) is 30.3 Å². The third-order valence-electron chi connectivity index (χ3n) is 10.6. The molecule has 4 heterocycles. The van der Waals surface area contributed by atoms with E-state index in [0.29, 0.717) is 35.0 Å². The number of hydrogen-bond donors (Lipinski definition) is 1. The Labute approximate surface area is 275 Å². The molecular weight excluding hydrogens is 598 g/mol. The molecule has 0 spiro atoms. The molecule has 3 fully saturated rings. The van der Waals surface area contributed by atoms with E-state index in [1.54, 1.807) is 13.2 Å². The fourth-order valence-electron chi connectivity index (χ4n) is 7.56. The van der Waals surface area contributed by atoms with Gasteiger partial charge in [0.1, 0.15) is 18.9 Å². The van der Waals surface area contributed by atoms with Crippen molar-refractivity contribution in [3.05, 3.63) is 82.9 Å². The van der Waals surface area contributed by atoms with E-state index < -0.39 is 15.4 Å². The molecule has 9 heteroatoms. The number of nitrogens with zero attached hydrogens (tertiary/aromatic N) is 2. The summed E-state index contributed by atoms with van der Waals surface area (Å²) in [4.78, 5) is 2.88. The molecule has 8 nitrogen and oxygen atoms in total. The van der Waals surface area contributed by atoms with E-state index in [1.165, 1.54) is 56.4 Å². The lowest BCUT2D eigenvalue weighted by Crippen LogP contribution is -2.66. The topological polar surface area (TPSA) is 77.1 Å². The number of unbranched alkanes of at least 4 members (excludes halogenated alkanes) is 1. The van der Waals surface area contributed by atoms with E-state index in [0.717, 1.165) is 42.7 Å². The molecule has 2 atom stereocenters. The Morgan fingerprint density at radius 3 is 2.13 bits per heavy atom. The highest BCUT2D eigenvalue weighted by Gasteiger charge is 2.42. The zero-order valence-electron chi connectivity index (χ0n) is 27.9. The van der Waals surface area contributed by atoms with E-state index in [2.05, 4.69) is 48.3 Å². The molecule has 0 aliphatic carbocycles. The number of methoxy groups -OCH3 is 2. The van der Waals surface area contributed by atoms with Crippen molar-refractivity contribution >= 4 is 9.84 Å². The molecule has 3 aromatic rings. The molecule has 0 saturated carbocycles. The standard InChI is InChI=1S/C37H50N3O5S/c1-5-7-16-37(6-2)27-46(41,42)35-24-34(44-4)33(43-3)23-32(35)36(38-37)30-12-14-31(15-13-30)45-26-29-10-8-28(9-11-29)25-40-20-17-39(18-21-40)19-22-40/h8-15,23-24,36,38H,5-7,16-22,25-27H2,1-4H3/q+1/t36-,37-/m1/s1. The van der Waals surface area contributed by atoms with Crippen LogP contribution in [0.15, 0.2) is 65.6 Å². The minimum absolute atomic E-state index is 0.0358. The molecule has 248 valence electrons. The summed E-state index contributed by atoms with van der Waals surface area (Å²) in [6.07, 6.45) is 3.41. The number of rotatable bonds is 12. The van der Waals surface area contributed by atoms with Gasteiger partial charge in [-0.3, -0.25) is 10.2 Å². The van der Waals surface area contributed by atoms with Crippen LogP contribution in [-0.2, 0) is 23.0 Å². The maximum Gasteiger partial charge on any atom is 0.180 e. The van der Waals surface area contributed by atoms with Crippen LogP contribution in [0.1, 0.15) is 67.8 Å². The molecule has 46 heavy (non-hydrogen) atoms. The number of nitrogens with one attached hydrogen (secondary N) is 1. The summed E-state index contributed by atoms with van der Waals surface area (Å²) in [5.74, 6) is 1.73. The summed E-state index contributed by atoms with van der Waals surface area (Å²) in [6, 6.07) is 20.1. The molecule has 0 radical (unpaired) electrons. The van der Waals surface area contributed by atoms with Gasteiger partial charge in [-0.25, -0.2) is 8.42 Å². The Kier molecular flexibility index (Phi) is 9.67. The highest BCUT2D eigenvalue weighted by Crippen LogP contribution is 2.43. The maximum absolute atomic E-state index is 13.9. The summed E-state index contributed by atoms with van der Waals surface area (Å²) in [6.45, 7) is 13.3. The summed E-state index contributed by atoms with van der Waals surface area (Å²) < 4.78 is 46.5. The van der Waals surface area contributed by atoms with Crippen molar-refractivity contribution in [2.75, 3.05) is 59.2 Å². The lowest BCUT2D eigenvalue weighted by molar-refractivity contribution is -0.953. The average molecular weight is 649 g/mol. The number of piperazine rings is 3. The van der Waals surface area contributed by atoms with E-state index >= 15 is 0 Å². The minimum Gasteiger partial charge on any atom is -0.493 e. The lowest BCUT2D eigenvalue weighted by Gasteiger charge is -2.50. The van der Waals surface area contributed by atoms with Gasteiger partial charge in [0.05, 0.1) is 50.5 Å². The smallest absolute Gasteiger partial charge is 0.180 e. The Bertz CT molecular complexity index is 1590. The van der Waals surface area contributed by atoms with Gasteiger partial charge in [-0.2, -0.15) is 0 Å². The summed E-state index contributed by atoms with van der Waals surface area (Å²) in [5.41, 5.74) is 3.63. The van der Waals surface area contributed by atoms with Crippen molar-refractivity contribution in [3.8, 4) is 17.2 Å². The largest absolute Gasteiger partial charge is 0.493 e. The van der Waals surface area contributed by atoms with Crippen LogP contribution < -0.4 is 19.5 Å². The van der Waals surface area contributed by atoms with Crippen molar-refractivity contribution in [1.82, 2.24) is 10.2 Å². The molecule has 0 unspecified atom stereocenters. The molecule has 1 N–H and O–H groups in total. The molecular formula is C37H50N3O5S+. The van der Waals surface area contributed by atoms with Crippen LogP contribution >= 0.6 is 0 Å². The van der Waals surface area contributed by atoms with Gasteiger partial charge in [0, 0.05) is 36.8 Å². The fourth-order valence-corrected chi connectivity index (χ4v) is 9.70. The van der Waals surface area contributed by atoms with Crippen LogP contribution in [-0.4, -0.2) is 82.6 Å². The van der Waals surface area contributed by atoms with Crippen LogP contribution in [0.25, 0.3) is 0 Å². The predicted octanol–water partition coefficient (Wildman–Crippen LogP) is 5.73. The van der Waals surface area contributed by atoms with Gasteiger partial charge in [0.2, 0.25) is 0 Å². The van der Waals surface area contributed by atoms with Crippen molar-refractivity contribution in [1.29, 1.82) is 0 Å². The summed E-state index contributed by atoms with van der Waals surface area (Å²) >= 11 is 0. The number of hydrogen-bond acceptors (Lipinski definition) is 7. The van der Waals surface area contributed by atoms with E-state index in [-0.39, 0.29) is 11.8 Å². The monoisotopic (exact) mass is 648 g/mol. The number of sulfone groups is 1. The normalized spacial score (nSPS) is 26.6. The van der Waals surface area contributed by atoms with E-state index in [4.69, 9.17) is 14.2 Å². The van der Waals surface area contributed by atoms with Crippen LogP contribution in [0.4, 0.5) is 0 Å². The van der Waals surface area contributed by atoms with Gasteiger partial charge in [0.25, 0.3) is 0 Å². The molecule has 3 saturated heterocycles. The minimum atomic E-state index is -3.61. The number of benzene rings is 3. The Morgan fingerprint density at radius 2 is 1.52 bits per heavy atom. The van der Waals surface area contributed by atoms with Crippen LogP contribution in [0, 0.1) is 0 Å². The van der Waals surface area contributed by atoms with Gasteiger partial charge in [0.15, 0.2) is 21.3 Å². The molecule has 0 amide bonds. The van der Waals surface area contributed by atoms with Gasteiger partial charge in [-0.15, -0.1) is 0 Å². The average Bonchev–Trinajstić information content (AvgIpc) is 3.18. The second-order valence-electron chi connectivity index (χ2n) is 13.5. The first kappa shape index (κ1) is 32.8. The molecule has 3 aromatic carbocycles. The molecule has 4 aliphatic rings. The van der Waals surface area contributed by atoms with Crippen LogP contribution in [0.3, 0.4) is 0 Å². The Hall–Kier alpha value is -3.11. The molecule has 2 bridgehead atoms. The number of fused-ring (bicyclic) bond motifs is 4. The first-order chi connectivity index (χ1) is 22.2. The van der Waals surface area contributed by atoms with Crippen LogP contribution in [0.2, 0.25) is 0 Å². The Morgan fingerprint density at radius 1 is 0.891 bits per heavy atom. The number of quaternary nitrogens is 1. The zero-order chi connectivity index (χ0) is 32.4. The van der Waals surface area contributed by atoms with Gasteiger partial charge in [-0.05, 0) is 47.7 Å². The lowest BCUT2D eigenvalue weighted by atomic mass is 9.88. The maximum atomic E-state index is 13.9. The second kappa shape index (κ2) is 13.6. The summed E-state index contributed by atoms with van der Waals surface area (Å²) in [7, 11) is -0.504. The highest BCUT2D eigenvalue weighted by atomic mass is 32.2. The van der Waals surface area contributed by atoms with Crippen molar-refractivity contribution in [2.45, 2.75) is 69.2 Å². The molecule has 0 aromatic heterocycles. The van der Waals surface area contributed by atoms with Gasteiger partial charge < -0.3 is 18.7 Å². The fraction of sp³-hybridized carbons (Fsp3) is 0.514. The van der Waals surface area contributed by atoms with E-state index in [9.17, 15) is 8.42 Å². The third-order valence-corrected chi connectivity index (χ3v) is 12.6. The SMILES string of the molecule is CCCC[C@]1(CC)CS(=O)(=O)c2cc(OC)c(OC)cc2[C@@H](c2ccc(OCc3ccc(C[N+]45CCN(CC4)CC5)cc3)cc2)N1. The highest BCUT2D eigenvalue weighted by molar-refractivity contribution is 7.91. The first-order valence-electron chi connectivity index (χ1n) is 16.9. The second-order valence-corrected chi connectivity index (χ2v) is 15.5. The molecule has 7 rings (SSSR count). The summed E-state index contributed by atoms with van der Waals surface area (Å²) in [5, 5.41) is 3.83. The van der Waals surface area contributed by atoms with Gasteiger partial charge >= 0.3 is 0 Å². The van der Waals surface area contributed by atoms with Gasteiger partial charge in [-0.1, -0.05) is 63.1 Å². The quantitative estimate of drug-likeness (QED) is 0.251. The van der Waals surface area contributed by atoms with Crippen molar-refractivity contribution in [3.63, 3.8) is 0 Å². The van der Waals surface area contributed by atoms with Crippen molar-refractivity contribution in [2.24, 2.45) is 0 Å². The predicted molar refractivity (Wildman–Crippen MR) is 181 cm³/mol. The third kappa shape index (κ3) is 6.79. The molecule has 4 aliphatic heterocycles. The zero-order valence-corrected chi connectivity index (χ0v) is 28.7. The Balaban J connectivity index is 1.21. The van der Waals surface area contributed by atoms with Crippen LogP contribution in [0.5, 0.6) is 17.2 Å².